The molecule has 4 nitrogen and oxygen atoms in total. The van der Waals surface area contributed by atoms with E-state index >= 15 is 0 Å². The third kappa shape index (κ3) is 3.67. The Morgan fingerprint density at radius 2 is 2.05 bits per heavy atom. The van der Waals surface area contributed by atoms with Gasteiger partial charge in [0.25, 0.3) is 0 Å². The fourth-order valence-corrected chi connectivity index (χ4v) is 2.45. The van der Waals surface area contributed by atoms with E-state index < -0.39 is 16.1 Å². The molecular formula is C15H17ClN2O2S. The van der Waals surface area contributed by atoms with Gasteiger partial charge in [-0.15, -0.1) is 0 Å². The molecule has 0 fully saturated rings. The monoisotopic (exact) mass is 324 g/mol. The molecule has 21 heavy (non-hydrogen) atoms. The molecule has 0 bridgehead atoms. The summed E-state index contributed by atoms with van der Waals surface area (Å²) in [4.78, 5) is 4.07. The zero-order valence-corrected chi connectivity index (χ0v) is 14.0. The topological polar surface area (TPSA) is 57.5 Å². The van der Waals surface area contributed by atoms with Crippen molar-refractivity contribution >= 4 is 39.9 Å². The number of methoxy groups -OCH3 is 1. The quantitative estimate of drug-likeness (QED) is 0.490. The molecule has 1 atom stereocenters. The summed E-state index contributed by atoms with van der Waals surface area (Å²) >= 11 is 4.66. The highest BCUT2D eigenvalue weighted by atomic mass is 35.5. The predicted molar refractivity (Wildman–Crippen MR) is 88.8 cm³/mol. The standard InChI is InChI=1S/C15H17ClN2O2S/c1-15(2,3)21(19)18-8-10-5-6-13(20-4)12-9-17-14(16)7-11(10)12/h5-9H,1-4H3/b18-8+/t21-/m1/s1. The predicted octanol–water partition coefficient (Wildman–Crippen LogP) is 3.78. The van der Waals surface area contributed by atoms with E-state index in [0.717, 1.165) is 16.3 Å². The number of pyridine rings is 1. The molecule has 6 heteroatoms. The third-order valence-corrected chi connectivity index (χ3v) is 4.44. The average molecular weight is 325 g/mol. The highest BCUT2D eigenvalue weighted by molar-refractivity contribution is 7.91. The lowest BCUT2D eigenvalue weighted by atomic mass is 10.1. The Kier molecular flexibility index (Phi) is 4.76. The van der Waals surface area contributed by atoms with Crippen LogP contribution < -0.4 is 4.74 Å². The Labute approximate surface area is 132 Å². The number of fused-ring (bicyclic) bond motifs is 1. The molecule has 0 radical (unpaired) electrons. The maximum Gasteiger partial charge on any atom is 0.144 e. The number of hydrogen-bond donors (Lipinski definition) is 0. The Balaban J connectivity index is 2.50. The first-order valence-electron chi connectivity index (χ1n) is 6.41. The SMILES string of the molecule is COc1ccc(/C=N/[S@+]([O-])C(C)(C)C)c2cc(Cl)ncc12. The number of hydrogen-bond acceptors (Lipinski definition) is 4. The molecule has 0 aliphatic carbocycles. The molecule has 0 spiro atoms. The van der Waals surface area contributed by atoms with Crippen molar-refractivity contribution in [1.82, 2.24) is 4.98 Å². The van der Waals surface area contributed by atoms with Crippen molar-refractivity contribution in [2.75, 3.05) is 7.11 Å². The van der Waals surface area contributed by atoms with Crippen molar-refractivity contribution in [2.45, 2.75) is 25.5 Å². The van der Waals surface area contributed by atoms with Crippen LogP contribution >= 0.6 is 11.6 Å². The van der Waals surface area contributed by atoms with Gasteiger partial charge in [0.2, 0.25) is 0 Å². The highest BCUT2D eigenvalue weighted by Crippen LogP contribution is 2.29. The Morgan fingerprint density at radius 1 is 1.33 bits per heavy atom. The zero-order valence-electron chi connectivity index (χ0n) is 12.4. The van der Waals surface area contributed by atoms with Gasteiger partial charge in [0.15, 0.2) is 0 Å². The zero-order chi connectivity index (χ0) is 15.6. The number of rotatable bonds is 3. The van der Waals surface area contributed by atoms with Gasteiger partial charge in [0.05, 0.1) is 13.3 Å². The van der Waals surface area contributed by atoms with Crippen molar-refractivity contribution in [3.8, 4) is 5.75 Å². The van der Waals surface area contributed by atoms with E-state index in [1.165, 1.54) is 0 Å². The molecule has 1 heterocycles. The Hall–Kier alpha value is -1.30. The van der Waals surface area contributed by atoms with E-state index in [0.29, 0.717) is 10.9 Å². The van der Waals surface area contributed by atoms with Crippen LogP contribution in [0.25, 0.3) is 10.8 Å². The fourth-order valence-electron chi connectivity index (χ4n) is 1.76. The molecule has 2 rings (SSSR count). The molecule has 0 saturated carbocycles. The van der Waals surface area contributed by atoms with Gasteiger partial charge in [0, 0.05) is 17.1 Å². The summed E-state index contributed by atoms with van der Waals surface area (Å²) < 4.78 is 21.1. The summed E-state index contributed by atoms with van der Waals surface area (Å²) in [5.41, 5.74) is 0.827. The molecule has 2 aromatic rings. The third-order valence-electron chi connectivity index (χ3n) is 2.89. The largest absolute Gasteiger partial charge is 0.591 e. The van der Waals surface area contributed by atoms with E-state index in [2.05, 4.69) is 9.38 Å². The summed E-state index contributed by atoms with van der Waals surface area (Å²) in [5.74, 6) is 0.711. The summed E-state index contributed by atoms with van der Waals surface area (Å²) in [7, 11) is 1.60. The molecular weight excluding hydrogens is 308 g/mol. The first-order valence-corrected chi connectivity index (χ1v) is 7.89. The lowest BCUT2D eigenvalue weighted by Gasteiger charge is -2.17. The van der Waals surface area contributed by atoms with Crippen molar-refractivity contribution < 1.29 is 9.29 Å². The van der Waals surface area contributed by atoms with Crippen LogP contribution in [0.2, 0.25) is 5.15 Å². The summed E-state index contributed by atoms with van der Waals surface area (Å²) in [5, 5.41) is 2.10. The van der Waals surface area contributed by atoms with Gasteiger partial charge in [-0.3, -0.25) is 0 Å². The van der Waals surface area contributed by atoms with Crippen LogP contribution in [-0.4, -0.2) is 27.6 Å². The van der Waals surface area contributed by atoms with Crippen LogP contribution in [0.1, 0.15) is 26.3 Å². The first-order chi connectivity index (χ1) is 9.82. The van der Waals surface area contributed by atoms with Crippen LogP contribution in [-0.2, 0) is 11.4 Å². The molecule has 0 aliphatic heterocycles. The molecule has 0 saturated heterocycles. The second kappa shape index (κ2) is 6.22. The Morgan fingerprint density at radius 3 is 2.67 bits per heavy atom. The minimum absolute atomic E-state index is 0.391. The smallest absolute Gasteiger partial charge is 0.144 e. The van der Waals surface area contributed by atoms with E-state index in [9.17, 15) is 4.55 Å². The van der Waals surface area contributed by atoms with Gasteiger partial charge in [-0.05, 0) is 44.4 Å². The van der Waals surface area contributed by atoms with E-state index in [4.69, 9.17) is 16.3 Å². The maximum atomic E-state index is 12.0. The van der Waals surface area contributed by atoms with Crippen molar-refractivity contribution in [3.05, 3.63) is 35.1 Å². The van der Waals surface area contributed by atoms with Crippen LogP contribution in [0.15, 0.2) is 28.8 Å². The van der Waals surface area contributed by atoms with Gasteiger partial charge >= 0.3 is 0 Å². The number of aromatic nitrogens is 1. The molecule has 1 aromatic heterocycles. The number of halogens is 1. The second-order valence-corrected chi connectivity index (χ2v) is 7.83. The highest BCUT2D eigenvalue weighted by Gasteiger charge is 2.25. The van der Waals surface area contributed by atoms with Gasteiger partial charge in [-0.25, -0.2) is 4.98 Å². The van der Waals surface area contributed by atoms with E-state index in [1.54, 1.807) is 25.6 Å². The molecule has 0 N–H and O–H groups in total. The normalized spacial score (nSPS) is 13.8. The maximum absolute atomic E-state index is 12.0. The van der Waals surface area contributed by atoms with Gasteiger partial charge in [-0.1, -0.05) is 16.0 Å². The molecule has 112 valence electrons. The summed E-state index contributed by atoms with van der Waals surface area (Å²) in [6.45, 7) is 5.65. The molecule has 0 aliphatic rings. The van der Waals surface area contributed by atoms with Gasteiger partial charge in [0.1, 0.15) is 27.0 Å². The number of benzene rings is 1. The lowest BCUT2D eigenvalue weighted by Crippen LogP contribution is -2.25. The Bertz CT molecular complexity index is 683. The number of nitrogens with zero attached hydrogens (tertiary/aromatic N) is 2. The summed E-state index contributed by atoms with van der Waals surface area (Å²) in [6.07, 6.45) is 3.27. The number of ether oxygens (including phenoxy) is 1. The second-order valence-electron chi connectivity index (χ2n) is 5.51. The van der Waals surface area contributed by atoms with E-state index in [1.807, 2.05) is 32.9 Å². The van der Waals surface area contributed by atoms with Crippen LogP contribution in [0.3, 0.4) is 0 Å². The minimum Gasteiger partial charge on any atom is -0.591 e. The minimum atomic E-state index is -1.30. The molecule has 1 aromatic carbocycles. The van der Waals surface area contributed by atoms with Gasteiger partial charge < -0.3 is 9.29 Å². The van der Waals surface area contributed by atoms with Crippen LogP contribution in [0, 0.1) is 0 Å². The lowest BCUT2D eigenvalue weighted by molar-refractivity contribution is 0.419. The van der Waals surface area contributed by atoms with Crippen LogP contribution in [0.4, 0.5) is 0 Å². The van der Waals surface area contributed by atoms with E-state index in [-0.39, 0.29) is 0 Å². The van der Waals surface area contributed by atoms with Crippen molar-refractivity contribution in [2.24, 2.45) is 4.40 Å². The molecule has 0 amide bonds. The first kappa shape index (κ1) is 16.1. The van der Waals surface area contributed by atoms with Crippen LogP contribution in [0.5, 0.6) is 5.75 Å². The molecule has 0 unspecified atom stereocenters. The summed E-state index contributed by atoms with van der Waals surface area (Å²) in [6, 6.07) is 5.45. The van der Waals surface area contributed by atoms with Gasteiger partial charge in [-0.2, -0.15) is 0 Å². The fraction of sp³-hybridized carbons (Fsp3) is 0.333. The van der Waals surface area contributed by atoms with Crippen molar-refractivity contribution in [3.63, 3.8) is 0 Å². The average Bonchev–Trinajstić information content (AvgIpc) is 2.43. The van der Waals surface area contributed by atoms with Crippen molar-refractivity contribution in [1.29, 1.82) is 0 Å².